The second kappa shape index (κ2) is 26.2. The van der Waals surface area contributed by atoms with Crippen LogP contribution in [0.2, 0.25) is 0 Å². The van der Waals surface area contributed by atoms with Gasteiger partial charge in [-0.05, 0) is 95.0 Å². The molecule has 5 aliphatic heterocycles. The molecular formula is C57H64F10N10O10. The van der Waals surface area contributed by atoms with Gasteiger partial charge in [0.1, 0.15) is 29.5 Å². The first kappa shape index (κ1) is 64.2. The lowest BCUT2D eigenvalue weighted by Crippen LogP contribution is -2.64. The van der Waals surface area contributed by atoms with Gasteiger partial charge in [0.25, 0.3) is 5.91 Å². The summed E-state index contributed by atoms with van der Waals surface area (Å²) < 4.78 is 174. The van der Waals surface area contributed by atoms with Crippen molar-refractivity contribution in [2.75, 3.05) is 64.2 Å². The van der Waals surface area contributed by atoms with E-state index in [1.54, 1.807) is 18.3 Å². The number of hydrazine groups is 1. The first-order valence-electron chi connectivity index (χ1n) is 27.8. The Labute approximate surface area is 492 Å². The molecule has 2 aromatic carbocycles. The molecule has 2 aromatic heterocycles. The number of amides is 4. The Bertz CT molecular complexity index is 3130. The van der Waals surface area contributed by atoms with Gasteiger partial charge in [0, 0.05) is 72.9 Å². The van der Waals surface area contributed by atoms with Crippen LogP contribution >= 0.6 is 0 Å². The minimum Gasteiger partial charge on any atom is -0.441 e. The number of carbonyl (C=O) groups excluding carboxylic acids is 4. The molecule has 5 aliphatic rings. The number of alkyl halides is 8. The van der Waals surface area contributed by atoms with Gasteiger partial charge in [0.15, 0.2) is 12.2 Å². The van der Waals surface area contributed by atoms with Crippen molar-refractivity contribution in [2.24, 2.45) is 10.8 Å². The molecule has 9 rings (SSSR count). The van der Waals surface area contributed by atoms with E-state index < -0.39 is 127 Å². The standard InChI is InChI=1S/C57H64F10N10O10/c1-54(2,56(62,63)64)47(70-52(81)86-38-27-84-28-38)49(79)69-44(17-32-8-5-31(6-9-32)7-10-33-11-14-46(68-20-33)74-21-35-12-13-36(22-74)77(35)37-25-83-26-37)45(78)24-75(23-40-41(58)18-34(19-42(40)59)43-15-16-76(72-43)51(60)61)73-50(80)48(55(3,4)57(65,66)67)71-53(82)87-39-29-85-30-39/h5-6,8-9,11,14-16,18-20,35-39,44-45,47-48,51,78H,12-13,17,21-30H2,1-4H3,(H,69,79)(H,70,81)(H,71,82)(H,73,80)/t35?,36?,44-,45-,47+,48+/m0/s1. The summed E-state index contributed by atoms with van der Waals surface area (Å²) >= 11 is 0. The van der Waals surface area contributed by atoms with Crippen LogP contribution in [-0.4, -0.2) is 180 Å². The average molecular weight is 1240 g/mol. The third-order valence-electron chi connectivity index (χ3n) is 16.2. The van der Waals surface area contributed by atoms with Crippen LogP contribution in [0.3, 0.4) is 0 Å². The second-order valence-corrected chi connectivity index (χ2v) is 23.1. The fourth-order valence-electron chi connectivity index (χ4n) is 10.5. The highest BCUT2D eigenvalue weighted by Crippen LogP contribution is 2.42. The van der Waals surface area contributed by atoms with E-state index in [0.717, 1.165) is 57.2 Å². The molecule has 0 aliphatic carbocycles. The Morgan fingerprint density at radius 3 is 1.72 bits per heavy atom. The Kier molecular flexibility index (Phi) is 19.3. The maximum Gasteiger partial charge on any atom is 0.408 e. The van der Waals surface area contributed by atoms with E-state index in [0.29, 0.717) is 74.1 Å². The van der Waals surface area contributed by atoms with E-state index in [-0.39, 0.29) is 47.9 Å². The Balaban J connectivity index is 1.00. The van der Waals surface area contributed by atoms with Gasteiger partial charge in [-0.1, -0.05) is 24.0 Å². The summed E-state index contributed by atoms with van der Waals surface area (Å²) in [5.41, 5.74) is -4.47. The molecule has 472 valence electrons. The fraction of sp³-hybridized carbons (Fsp3) is 0.544. The molecule has 5 N–H and O–H groups in total. The molecule has 0 radical (unpaired) electrons. The average Bonchev–Trinajstić information content (AvgIpc) is 1.85. The fourth-order valence-corrected chi connectivity index (χ4v) is 10.5. The molecule has 87 heavy (non-hydrogen) atoms. The number of hydrogen-bond donors (Lipinski definition) is 5. The topological polar surface area (TPSA) is 223 Å². The zero-order valence-electron chi connectivity index (χ0n) is 47.4. The number of aromatic nitrogens is 3. The molecule has 0 spiro atoms. The quantitative estimate of drug-likeness (QED) is 0.0358. The lowest BCUT2D eigenvalue weighted by Gasteiger charge is -2.47. The zero-order valence-corrected chi connectivity index (χ0v) is 47.4. The number of nitrogens with zero attached hydrogens (tertiary/aromatic N) is 6. The first-order valence-corrected chi connectivity index (χ1v) is 27.8. The highest BCUT2D eigenvalue weighted by atomic mass is 19.4. The number of anilines is 1. The number of nitrogens with one attached hydrogen (secondary N) is 4. The molecule has 5 fully saturated rings. The lowest BCUT2D eigenvalue weighted by molar-refractivity contribution is -0.221. The van der Waals surface area contributed by atoms with Crippen molar-refractivity contribution in [3.63, 3.8) is 0 Å². The van der Waals surface area contributed by atoms with Gasteiger partial charge in [-0.15, -0.1) is 0 Å². The maximum absolute atomic E-state index is 16.2. The minimum atomic E-state index is -5.26. The number of carbonyl (C=O) groups is 4. The summed E-state index contributed by atoms with van der Waals surface area (Å²) in [4.78, 5) is 64.3. The molecule has 0 saturated carbocycles. The lowest BCUT2D eigenvalue weighted by atomic mass is 9.82. The summed E-state index contributed by atoms with van der Waals surface area (Å²) in [6.45, 7) is -0.378. The van der Waals surface area contributed by atoms with Crippen LogP contribution in [0.15, 0.2) is 67.0 Å². The molecule has 6 atom stereocenters. The predicted octanol–water partition coefficient (Wildman–Crippen LogP) is 6.16. The number of rotatable bonds is 21. The van der Waals surface area contributed by atoms with Crippen LogP contribution in [0, 0.1) is 34.3 Å². The van der Waals surface area contributed by atoms with E-state index in [9.17, 15) is 59.4 Å². The highest BCUT2D eigenvalue weighted by molar-refractivity contribution is 5.87. The number of fused-ring (bicyclic) bond motifs is 2. The van der Waals surface area contributed by atoms with Crippen LogP contribution in [0.1, 0.15) is 69.3 Å². The van der Waals surface area contributed by atoms with Gasteiger partial charge < -0.3 is 49.6 Å². The molecule has 30 heteroatoms. The van der Waals surface area contributed by atoms with Gasteiger partial charge in [0.2, 0.25) is 5.91 Å². The van der Waals surface area contributed by atoms with Crippen molar-refractivity contribution in [2.45, 2.75) is 127 Å². The van der Waals surface area contributed by atoms with Gasteiger partial charge in [-0.25, -0.2) is 33.0 Å². The van der Waals surface area contributed by atoms with Crippen molar-refractivity contribution in [3.8, 4) is 23.1 Å². The maximum atomic E-state index is 16.2. The normalized spacial score (nSPS) is 20.0. The largest absolute Gasteiger partial charge is 0.441 e. The third-order valence-corrected chi connectivity index (χ3v) is 16.2. The molecule has 2 unspecified atom stereocenters. The molecule has 4 aromatic rings. The predicted molar refractivity (Wildman–Crippen MR) is 287 cm³/mol. The van der Waals surface area contributed by atoms with Gasteiger partial charge >= 0.3 is 31.1 Å². The number of aliphatic hydroxyl groups is 1. The van der Waals surface area contributed by atoms with Crippen LogP contribution in [0.25, 0.3) is 11.3 Å². The smallest absolute Gasteiger partial charge is 0.408 e. The molecule has 5 saturated heterocycles. The van der Waals surface area contributed by atoms with Crippen LogP contribution in [0.4, 0.5) is 59.3 Å². The van der Waals surface area contributed by atoms with Crippen molar-refractivity contribution in [1.29, 1.82) is 0 Å². The molecule has 7 heterocycles. The van der Waals surface area contributed by atoms with Crippen molar-refractivity contribution >= 4 is 29.8 Å². The van der Waals surface area contributed by atoms with Gasteiger partial charge in [-0.3, -0.25) is 19.9 Å². The molecule has 20 nitrogen and oxygen atoms in total. The van der Waals surface area contributed by atoms with E-state index in [1.165, 1.54) is 12.1 Å². The third kappa shape index (κ3) is 15.0. The van der Waals surface area contributed by atoms with Crippen LogP contribution in [0.5, 0.6) is 0 Å². The summed E-state index contributed by atoms with van der Waals surface area (Å²) in [6, 6.07) is 6.55. The Hall–Kier alpha value is -7.30. The number of benzene rings is 2. The SMILES string of the molecule is CC(C)([C@H](NC(=O)OC1COC1)C(=O)N[C@@H](Cc1ccc(C#Cc2ccc(N3CC4CCC(C3)N4C3COC3)nc2)cc1)[C@@H](O)CN(Cc1c(F)cc(-c2ccn(C(F)F)n2)cc1F)NC(=O)[C@@H](NC(=O)OC1COC1)C(C)(C)C(F)(F)F)C(F)(F)F. The number of aliphatic hydroxyl groups excluding tert-OH is 1. The Morgan fingerprint density at radius 2 is 1.25 bits per heavy atom. The van der Waals surface area contributed by atoms with E-state index in [4.69, 9.17) is 23.7 Å². The van der Waals surface area contributed by atoms with E-state index >= 15 is 8.78 Å². The number of ether oxygens (including phenoxy) is 5. The van der Waals surface area contributed by atoms with E-state index in [2.05, 4.69) is 42.5 Å². The highest BCUT2D eigenvalue weighted by Gasteiger charge is 2.58. The van der Waals surface area contributed by atoms with Crippen LogP contribution < -0.4 is 26.3 Å². The summed E-state index contributed by atoms with van der Waals surface area (Å²) in [5.74, 6) is 0.787. The summed E-state index contributed by atoms with van der Waals surface area (Å²) in [6.07, 6.45) is -13.2. The van der Waals surface area contributed by atoms with Crippen LogP contribution in [-0.2, 0) is 46.2 Å². The van der Waals surface area contributed by atoms with E-state index in [1.807, 2.05) is 22.8 Å². The number of piperazine rings is 1. The number of hydrogen-bond acceptors (Lipinski definition) is 15. The molecule has 4 amide bonds. The number of halogens is 10. The van der Waals surface area contributed by atoms with Gasteiger partial charge in [0.05, 0.1) is 74.4 Å². The monoisotopic (exact) mass is 1240 g/mol. The molecule has 2 bridgehead atoms. The van der Waals surface area contributed by atoms with Crippen molar-refractivity contribution < 1.29 is 91.9 Å². The zero-order chi connectivity index (χ0) is 62.8. The minimum absolute atomic E-state index is 0.0891. The second-order valence-electron chi connectivity index (χ2n) is 23.1. The summed E-state index contributed by atoms with van der Waals surface area (Å²) in [5, 5.41) is 22.5. The van der Waals surface area contributed by atoms with Gasteiger partial charge in [-0.2, -0.15) is 40.2 Å². The first-order chi connectivity index (χ1) is 41.0. The van der Waals surface area contributed by atoms with Crippen molar-refractivity contribution in [1.82, 2.24) is 46.0 Å². The Morgan fingerprint density at radius 1 is 0.724 bits per heavy atom. The number of alkyl carbamates (subject to hydrolysis) is 2. The molecular weight excluding hydrogens is 1170 g/mol. The summed E-state index contributed by atoms with van der Waals surface area (Å²) in [7, 11) is 0. The number of pyridine rings is 1. The van der Waals surface area contributed by atoms with Crippen molar-refractivity contribution in [3.05, 3.63) is 101 Å².